The van der Waals surface area contributed by atoms with Gasteiger partial charge in [0.15, 0.2) is 10.8 Å². The number of methoxy groups -OCH3 is 1. The van der Waals surface area contributed by atoms with Crippen molar-refractivity contribution in [1.29, 1.82) is 0 Å². The largest absolute Gasteiger partial charge is 0.497 e. The van der Waals surface area contributed by atoms with Gasteiger partial charge in [0.2, 0.25) is 0 Å². The van der Waals surface area contributed by atoms with Crippen LogP contribution in [0.15, 0.2) is 29.4 Å². The Morgan fingerprint density at radius 1 is 1.29 bits per heavy atom. The molecule has 0 unspecified atom stereocenters. The molecule has 1 aromatic heterocycles. The van der Waals surface area contributed by atoms with Crippen LogP contribution in [0.2, 0.25) is 15.2 Å². The van der Waals surface area contributed by atoms with Crippen molar-refractivity contribution in [3.63, 3.8) is 0 Å². The normalized spacial score (nSPS) is 11.3. The van der Waals surface area contributed by atoms with E-state index in [1.165, 1.54) is 0 Å². The molecule has 1 amide bonds. The van der Waals surface area contributed by atoms with Crippen LogP contribution in [0.4, 0.5) is 5.69 Å². The van der Waals surface area contributed by atoms with Crippen LogP contribution in [0.5, 0.6) is 5.75 Å². The first-order valence-corrected chi connectivity index (χ1v) is 7.77. The lowest BCUT2D eigenvalue weighted by Gasteiger charge is -2.08. The summed E-state index contributed by atoms with van der Waals surface area (Å²) in [7, 11) is 1.57. The number of benzene rings is 1. The van der Waals surface area contributed by atoms with Crippen molar-refractivity contribution in [2.45, 2.75) is 6.92 Å². The van der Waals surface area contributed by atoms with Crippen LogP contribution in [0.1, 0.15) is 23.0 Å². The summed E-state index contributed by atoms with van der Waals surface area (Å²) in [6, 6.07) is 7.23. The molecule has 0 aliphatic carbocycles. The monoisotopic (exact) mass is 386 g/mol. The molecule has 0 atom stereocenters. The number of nitrogens with zero attached hydrogens (tertiary/aromatic N) is 2. The molecule has 9 heteroatoms. The zero-order valence-corrected chi connectivity index (χ0v) is 15.0. The topological polar surface area (TPSA) is 89.6 Å². The van der Waals surface area contributed by atoms with Crippen LogP contribution in [0.3, 0.4) is 0 Å². The van der Waals surface area contributed by atoms with Crippen LogP contribution in [-0.4, -0.2) is 23.7 Å². The van der Waals surface area contributed by atoms with Gasteiger partial charge in [0, 0.05) is 5.56 Å². The molecule has 0 aliphatic heterocycles. The van der Waals surface area contributed by atoms with E-state index in [2.05, 4.69) is 15.5 Å². The van der Waals surface area contributed by atoms with Crippen molar-refractivity contribution in [2.75, 3.05) is 12.8 Å². The molecule has 3 N–H and O–H groups in total. The second-order valence-corrected chi connectivity index (χ2v) is 5.78. The van der Waals surface area contributed by atoms with E-state index in [1.807, 2.05) is 12.1 Å². The average molecular weight is 388 g/mol. The highest BCUT2D eigenvalue weighted by atomic mass is 35.5. The number of amides is 1. The lowest BCUT2D eigenvalue weighted by Crippen LogP contribution is -2.21. The third-order valence-electron chi connectivity index (χ3n) is 3.10. The van der Waals surface area contributed by atoms with Gasteiger partial charge in [0.05, 0.1) is 23.5 Å². The Bertz CT molecular complexity index is 825. The van der Waals surface area contributed by atoms with E-state index in [0.29, 0.717) is 11.5 Å². The third kappa shape index (κ3) is 3.90. The number of pyridine rings is 1. The number of hydrazone groups is 1. The molecular formula is C15H13Cl3N4O2. The average Bonchev–Trinajstić information content (AvgIpc) is 2.60. The molecule has 1 aromatic carbocycles. The van der Waals surface area contributed by atoms with Crippen LogP contribution < -0.4 is 15.9 Å². The highest BCUT2D eigenvalue weighted by molar-refractivity contribution is 6.46. The summed E-state index contributed by atoms with van der Waals surface area (Å²) in [4.78, 5) is 16.0. The van der Waals surface area contributed by atoms with Crippen molar-refractivity contribution in [3.05, 3.63) is 50.7 Å². The molecule has 126 valence electrons. The number of carbonyl (C=O) groups excluding carboxylic acids is 1. The summed E-state index contributed by atoms with van der Waals surface area (Å²) in [6.07, 6.45) is 0. The number of ether oxygens (including phenoxy) is 1. The number of anilines is 1. The van der Waals surface area contributed by atoms with Gasteiger partial charge in [0.1, 0.15) is 10.8 Å². The molecule has 2 aromatic rings. The summed E-state index contributed by atoms with van der Waals surface area (Å²) in [6.45, 7) is 1.73. The number of halogens is 3. The predicted molar refractivity (Wildman–Crippen MR) is 96.4 cm³/mol. The molecule has 0 saturated carbocycles. The van der Waals surface area contributed by atoms with E-state index in [-0.39, 0.29) is 26.6 Å². The zero-order chi connectivity index (χ0) is 17.9. The Kier molecular flexibility index (Phi) is 5.88. The minimum absolute atomic E-state index is 0.00530. The van der Waals surface area contributed by atoms with Gasteiger partial charge in [0.25, 0.3) is 5.91 Å². The summed E-state index contributed by atoms with van der Waals surface area (Å²) in [5.41, 5.74) is 9.20. The lowest BCUT2D eigenvalue weighted by atomic mass is 10.1. The third-order valence-corrected chi connectivity index (χ3v) is 4.24. The van der Waals surface area contributed by atoms with Crippen molar-refractivity contribution in [1.82, 2.24) is 10.4 Å². The maximum absolute atomic E-state index is 12.2. The summed E-state index contributed by atoms with van der Waals surface area (Å²) in [5.74, 6) is 0.0165. The maximum Gasteiger partial charge on any atom is 0.291 e. The number of hydrogen-bond donors (Lipinski definition) is 2. The van der Waals surface area contributed by atoms with Gasteiger partial charge in [-0.05, 0) is 19.1 Å². The standard InChI is InChI=1S/C15H13Cl3N4O2/c1-7(8-4-3-5-9(6-8)24-2)21-22-15(23)13-10(16)12(19)11(17)14(18)20-13/h3-6H,1-2H3,(H2,19,20)(H,22,23)/b21-7+. The van der Waals surface area contributed by atoms with Crippen LogP contribution >= 0.6 is 34.8 Å². The van der Waals surface area contributed by atoms with E-state index in [1.54, 1.807) is 26.2 Å². The first-order valence-electron chi connectivity index (χ1n) is 6.64. The number of nitrogens with one attached hydrogen (secondary N) is 1. The van der Waals surface area contributed by atoms with Gasteiger partial charge in [-0.15, -0.1) is 0 Å². The van der Waals surface area contributed by atoms with E-state index < -0.39 is 5.91 Å². The Morgan fingerprint density at radius 2 is 2.00 bits per heavy atom. The number of carbonyl (C=O) groups is 1. The smallest absolute Gasteiger partial charge is 0.291 e. The molecule has 2 rings (SSSR count). The fourth-order valence-electron chi connectivity index (χ4n) is 1.78. The van der Waals surface area contributed by atoms with Gasteiger partial charge in [-0.1, -0.05) is 46.9 Å². The number of nitrogens with two attached hydrogens (primary N) is 1. The van der Waals surface area contributed by atoms with E-state index in [0.717, 1.165) is 5.56 Å². The molecule has 24 heavy (non-hydrogen) atoms. The molecule has 0 spiro atoms. The quantitative estimate of drug-likeness (QED) is 0.474. The Hall–Kier alpha value is -2.02. The SMILES string of the molecule is COc1cccc(/C(C)=N/NC(=O)c2nc(Cl)c(Cl)c(N)c2Cl)c1. The molecule has 0 aliphatic rings. The van der Waals surface area contributed by atoms with Gasteiger partial charge in [-0.2, -0.15) is 5.10 Å². The zero-order valence-electron chi connectivity index (χ0n) is 12.7. The second kappa shape index (κ2) is 7.70. The predicted octanol–water partition coefficient (Wildman–Crippen LogP) is 3.79. The van der Waals surface area contributed by atoms with Crippen LogP contribution in [-0.2, 0) is 0 Å². The molecule has 0 fully saturated rings. The Balaban J connectivity index is 2.24. The fraction of sp³-hybridized carbons (Fsp3) is 0.133. The highest BCUT2D eigenvalue weighted by Gasteiger charge is 2.19. The van der Waals surface area contributed by atoms with Crippen LogP contribution in [0.25, 0.3) is 0 Å². The minimum Gasteiger partial charge on any atom is -0.497 e. The van der Waals surface area contributed by atoms with E-state index in [4.69, 9.17) is 45.3 Å². The summed E-state index contributed by atoms with van der Waals surface area (Å²) < 4.78 is 5.14. The first kappa shape index (κ1) is 18.3. The van der Waals surface area contributed by atoms with Gasteiger partial charge >= 0.3 is 0 Å². The molecule has 6 nitrogen and oxygen atoms in total. The second-order valence-electron chi connectivity index (χ2n) is 4.66. The first-order chi connectivity index (χ1) is 11.3. The molecule has 0 radical (unpaired) electrons. The van der Waals surface area contributed by atoms with Crippen molar-refractivity contribution in [2.24, 2.45) is 5.10 Å². The summed E-state index contributed by atoms with van der Waals surface area (Å²) >= 11 is 17.6. The number of rotatable bonds is 4. The fourth-order valence-corrected chi connectivity index (χ4v) is 2.38. The van der Waals surface area contributed by atoms with Crippen LogP contribution in [0, 0.1) is 0 Å². The molecule has 0 saturated heterocycles. The van der Waals surface area contributed by atoms with Crippen molar-refractivity contribution < 1.29 is 9.53 Å². The van der Waals surface area contributed by atoms with E-state index >= 15 is 0 Å². The number of nitrogen functional groups attached to an aromatic ring is 1. The lowest BCUT2D eigenvalue weighted by molar-refractivity contribution is 0.0950. The molecule has 1 heterocycles. The Labute approximate surface area is 153 Å². The maximum atomic E-state index is 12.2. The van der Waals surface area contributed by atoms with Crippen molar-refractivity contribution >= 4 is 52.1 Å². The van der Waals surface area contributed by atoms with E-state index in [9.17, 15) is 4.79 Å². The molecule has 0 bridgehead atoms. The minimum atomic E-state index is -0.660. The molecular weight excluding hydrogens is 375 g/mol. The van der Waals surface area contributed by atoms with Gasteiger partial charge in [-0.3, -0.25) is 4.79 Å². The van der Waals surface area contributed by atoms with Gasteiger partial charge in [-0.25, -0.2) is 10.4 Å². The Morgan fingerprint density at radius 3 is 2.67 bits per heavy atom. The number of hydrogen-bond acceptors (Lipinski definition) is 5. The number of aromatic nitrogens is 1. The highest BCUT2D eigenvalue weighted by Crippen LogP contribution is 2.34. The van der Waals surface area contributed by atoms with Gasteiger partial charge < -0.3 is 10.5 Å². The van der Waals surface area contributed by atoms with Crippen molar-refractivity contribution in [3.8, 4) is 5.75 Å². The summed E-state index contributed by atoms with van der Waals surface area (Å²) in [5, 5.41) is 3.81.